The van der Waals surface area contributed by atoms with E-state index >= 15 is 0 Å². The Balaban J connectivity index is 2.60. The molecule has 1 rings (SSSR count). The van der Waals surface area contributed by atoms with Gasteiger partial charge in [0.25, 0.3) is 0 Å². The van der Waals surface area contributed by atoms with Gasteiger partial charge in [-0.2, -0.15) is 9.35 Å². The number of nitrogens with zero attached hydrogens (tertiary/aromatic N) is 1. The average Bonchev–Trinajstić information content (AvgIpc) is 2.30. The Morgan fingerprint density at radius 1 is 1.18 bits per heavy atom. The van der Waals surface area contributed by atoms with Gasteiger partial charge in [0, 0.05) is 24.8 Å². The van der Waals surface area contributed by atoms with Crippen LogP contribution in [0.25, 0.3) is 0 Å². The van der Waals surface area contributed by atoms with E-state index in [0.717, 1.165) is 5.56 Å². The number of halogens is 2. The highest BCUT2D eigenvalue weighted by atomic mass is 35.5. The highest BCUT2D eigenvalue weighted by Gasteiger charge is 2.11. The van der Waals surface area contributed by atoms with Gasteiger partial charge in [0.05, 0.1) is 4.90 Å². The molecule has 0 aliphatic rings. The number of hydrogen-bond acceptors (Lipinski definition) is 3. The van der Waals surface area contributed by atoms with E-state index in [1.807, 2.05) is 19.1 Å². The molecule has 96 valence electrons. The van der Waals surface area contributed by atoms with Crippen molar-refractivity contribution in [1.82, 2.24) is 5.06 Å². The molecule has 0 saturated carbocycles. The van der Waals surface area contributed by atoms with Gasteiger partial charge in [-0.1, -0.05) is 17.7 Å². The number of aryl methyl sites for hydroxylation is 1. The van der Waals surface area contributed by atoms with Crippen molar-refractivity contribution in [3.05, 3.63) is 29.8 Å². The Labute approximate surface area is 114 Å². The molecule has 0 heterocycles. The van der Waals surface area contributed by atoms with E-state index in [1.165, 1.54) is 5.06 Å². The maximum Gasteiger partial charge on any atom is 0.206 e. The molecule has 0 aliphatic carbocycles. The van der Waals surface area contributed by atoms with Crippen molar-refractivity contribution in [2.45, 2.75) is 11.8 Å². The Morgan fingerprint density at radius 3 is 2.18 bits per heavy atom. The molecule has 1 atom stereocenters. The SMILES string of the molecule is Cc1ccc(S(=O)ON(CCCl)CCCl)cc1. The summed E-state index contributed by atoms with van der Waals surface area (Å²) in [6.45, 7) is 2.96. The first-order valence-corrected chi connectivity index (χ1v) is 7.35. The molecule has 1 unspecified atom stereocenters. The van der Waals surface area contributed by atoms with Crippen molar-refractivity contribution in [1.29, 1.82) is 0 Å². The quantitative estimate of drug-likeness (QED) is 0.572. The van der Waals surface area contributed by atoms with Crippen LogP contribution in [-0.4, -0.2) is 34.1 Å². The fourth-order valence-electron chi connectivity index (χ4n) is 1.16. The molecule has 0 aliphatic heterocycles. The number of rotatable bonds is 7. The topological polar surface area (TPSA) is 29.5 Å². The third kappa shape index (κ3) is 5.36. The third-order valence-electron chi connectivity index (χ3n) is 2.05. The summed E-state index contributed by atoms with van der Waals surface area (Å²) in [5, 5.41) is 1.52. The van der Waals surface area contributed by atoms with Gasteiger partial charge in [-0.25, -0.2) is 4.21 Å². The second-order valence-electron chi connectivity index (χ2n) is 3.43. The molecule has 0 spiro atoms. The minimum Gasteiger partial charge on any atom is -0.223 e. The molecule has 0 N–H and O–H groups in total. The second kappa shape index (κ2) is 8.06. The fraction of sp³-hybridized carbons (Fsp3) is 0.455. The van der Waals surface area contributed by atoms with Gasteiger partial charge >= 0.3 is 0 Å². The van der Waals surface area contributed by atoms with E-state index in [4.69, 9.17) is 27.5 Å². The predicted molar refractivity (Wildman–Crippen MR) is 71.7 cm³/mol. The van der Waals surface area contributed by atoms with Crippen LogP contribution in [0.1, 0.15) is 5.56 Å². The van der Waals surface area contributed by atoms with Gasteiger partial charge in [-0.15, -0.1) is 23.2 Å². The summed E-state index contributed by atoms with van der Waals surface area (Å²) < 4.78 is 17.2. The van der Waals surface area contributed by atoms with E-state index in [2.05, 4.69) is 0 Å². The molecule has 0 radical (unpaired) electrons. The molecule has 0 bridgehead atoms. The van der Waals surface area contributed by atoms with Gasteiger partial charge in [-0.05, 0) is 19.1 Å². The molecule has 1 aromatic rings. The van der Waals surface area contributed by atoms with Crippen LogP contribution in [-0.2, 0) is 15.4 Å². The van der Waals surface area contributed by atoms with Crippen molar-refractivity contribution in [3.8, 4) is 0 Å². The first-order chi connectivity index (χ1) is 8.17. The van der Waals surface area contributed by atoms with Crippen molar-refractivity contribution in [3.63, 3.8) is 0 Å². The molecular weight excluding hydrogens is 281 g/mol. The van der Waals surface area contributed by atoms with Crippen LogP contribution in [0.4, 0.5) is 0 Å². The van der Waals surface area contributed by atoms with Crippen LogP contribution in [0.2, 0.25) is 0 Å². The molecule has 0 fully saturated rings. The van der Waals surface area contributed by atoms with Crippen LogP contribution in [0, 0.1) is 6.92 Å². The smallest absolute Gasteiger partial charge is 0.206 e. The normalized spacial score (nSPS) is 12.9. The maximum absolute atomic E-state index is 11.9. The van der Waals surface area contributed by atoms with Gasteiger partial charge in [0.1, 0.15) is 0 Å². The first-order valence-electron chi connectivity index (χ1n) is 5.21. The van der Waals surface area contributed by atoms with Crippen molar-refractivity contribution < 1.29 is 8.49 Å². The predicted octanol–water partition coefficient (Wildman–Crippen LogP) is 2.73. The summed E-state index contributed by atoms with van der Waals surface area (Å²) in [4.78, 5) is 0.629. The lowest BCUT2D eigenvalue weighted by Gasteiger charge is -2.17. The average molecular weight is 296 g/mol. The Kier molecular flexibility index (Phi) is 7.08. The van der Waals surface area contributed by atoms with E-state index in [1.54, 1.807) is 12.1 Å². The lowest BCUT2D eigenvalue weighted by molar-refractivity contribution is -0.0326. The molecule has 0 saturated heterocycles. The Bertz CT molecular complexity index is 353. The maximum atomic E-state index is 11.9. The van der Waals surface area contributed by atoms with Crippen molar-refractivity contribution in [2.24, 2.45) is 0 Å². The highest BCUT2D eigenvalue weighted by molar-refractivity contribution is 7.80. The zero-order valence-corrected chi connectivity index (χ0v) is 11.9. The van der Waals surface area contributed by atoms with Crippen molar-refractivity contribution >= 4 is 34.3 Å². The summed E-state index contributed by atoms with van der Waals surface area (Å²) >= 11 is 9.72. The third-order valence-corrected chi connectivity index (χ3v) is 3.40. The van der Waals surface area contributed by atoms with Crippen LogP contribution >= 0.6 is 23.2 Å². The van der Waals surface area contributed by atoms with E-state index in [0.29, 0.717) is 29.7 Å². The first kappa shape index (κ1) is 14.9. The summed E-state index contributed by atoms with van der Waals surface area (Å²) in [7, 11) is 0. The number of benzene rings is 1. The van der Waals surface area contributed by atoms with Gasteiger partial charge < -0.3 is 0 Å². The molecule has 1 aromatic carbocycles. The zero-order valence-electron chi connectivity index (χ0n) is 9.57. The van der Waals surface area contributed by atoms with Crippen LogP contribution < -0.4 is 0 Å². The largest absolute Gasteiger partial charge is 0.223 e. The lowest BCUT2D eigenvalue weighted by Crippen LogP contribution is -2.29. The van der Waals surface area contributed by atoms with Crippen LogP contribution in [0.3, 0.4) is 0 Å². The molecule has 17 heavy (non-hydrogen) atoms. The van der Waals surface area contributed by atoms with Crippen molar-refractivity contribution in [2.75, 3.05) is 24.8 Å². The minimum atomic E-state index is -1.52. The molecule has 0 amide bonds. The zero-order chi connectivity index (χ0) is 12.7. The monoisotopic (exact) mass is 295 g/mol. The van der Waals surface area contributed by atoms with Crippen LogP contribution in [0.15, 0.2) is 29.2 Å². The number of hydrogen-bond donors (Lipinski definition) is 0. The summed E-state index contributed by atoms with van der Waals surface area (Å²) in [5.41, 5.74) is 1.11. The van der Waals surface area contributed by atoms with Gasteiger partial charge in [-0.3, -0.25) is 0 Å². The number of hydroxylamine groups is 2. The molecule has 6 heteroatoms. The molecular formula is C11H15Cl2NO2S. The second-order valence-corrected chi connectivity index (χ2v) is 5.28. The van der Waals surface area contributed by atoms with Gasteiger partial charge in [0.2, 0.25) is 11.1 Å². The van der Waals surface area contributed by atoms with E-state index in [-0.39, 0.29) is 0 Å². The Morgan fingerprint density at radius 2 is 1.71 bits per heavy atom. The lowest BCUT2D eigenvalue weighted by atomic mass is 10.2. The molecule has 3 nitrogen and oxygen atoms in total. The standard InChI is InChI=1S/C11H15Cl2NO2S/c1-10-2-4-11(5-3-10)17(15)16-14(8-6-12)9-7-13/h2-5H,6-9H2,1H3. The van der Waals surface area contributed by atoms with Crippen LogP contribution in [0.5, 0.6) is 0 Å². The molecule has 0 aromatic heterocycles. The van der Waals surface area contributed by atoms with E-state index < -0.39 is 11.1 Å². The van der Waals surface area contributed by atoms with E-state index in [9.17, 15) is 4.21 Å². The summed E-state index contributed by atoms with van der Waals surface area (Å²) in [6.07, 6.45) is 0. The number of alkyl halides is 2. The Hall–Kier alpha value is -0.130. The fourth-order valence-corrected chi connectivity index (χ4v) is 2.32. The highest BCUT2D eigenvalue weighted by Crippen LogP contribution is 2.11. The summed E-state index contributed by atoms with van der Waals surface area (Å²) in [6, 6.07) is 7.35. The summed E-state index contributed by atoms with van der Waals surface area (Å²) in [5.74, 6) is 0.809. The minimum absolute atomic E-state index is 0.405. The van der Waals surface area contributed by atoms with Gasteiger partial charge in [0.15, 0.2) is 0 Å².